The van der Waals surface area contributed by atoms with Gasteiger partial charge in [-0.05, 0) is 53.9 Å². The number of rotatable bonds is 6. The van der Waals surface area contributed by atoms with Gasteiger partial charge < -0.3 is 19.9 Å². The number of aryl methyl sites for hydroxylation is 2. The van der Waals surface area contributed by atoms with Gasteiger partial charge >= 0.3 is 5.97 Å². The number of carbonyl (C=O) groups excluding carboxylic acids is 2. The Morgan fingerprint density at radius 2 is 1.66 bits per heavy atom. The van der Waals surface area contributed by atoms with Gasteiger partial charge in [-0.1, -0.05) is 36.4 Å². The predicted molar refractivity (Wildman–Crippen MR) is 151 cm³/mol. The van der Waals surface area contributed by atoms with E-state index in [1.54, 1.807) is 33.3 Å². The average molecular weight is 527 g/mol. The number of benzene rings is 3. The average Bonchev–Trinajstić information content (AvgIpc) is 3.25. The Balaban J connectivity index is 1.79. The molecule has 2 aromatic heterocycles. The number of aromatic nitrogens is 1. The zero-order valence-electron chi connectivity index (χ0n) is 21.7. The molecular formula is C30H26N2O5S. The van der Waals surface area contributed by atoms with E-state index < -0.39 is 5.97 Å². The predicted octanol–water partition coefficient (Wildman–Crippen LogP) is 6.35. The summed E-state index contributed by atoms with van der Waals surface area (Å²) in [7, 11) is 4.44. The van der Waals surface area contributed by atoms with E-state index in [9.17, 15) is 9.59 Å². The first kappa shape index (κ1) is 25.2. The molecule has 0 unspecified atom stereocenters. The third-order valence-corrected chi connectivity index (χ3v) is 7.72. The molecule has 0 radical (unpaired) electrons. The molecule has 0 aliphatic carbocycles. The number of fused-ring (bicyclic) bond motifs is 2. The fraction of sp³-hybridized carbons (Fsp3) is 0.167. The largest absolute Gasteiger partial charge is 0.493 e. The van der Waals surface area contributed by atoms with Crippen LogP contribution in [0.4, 0.5) is 5.69 Å². The summed E-state index contributed by atoms with van der Waals surface area (Å²) in [6, 6.07) is 17.1. The van der Waals surface area contributed by atoms with E-state index in [0.717, 1.165) is 16.3 Å². The lowest BCUT2D eigenvalue weighted by Crippen LogP contribution is -2.09. The molecule has 7 nitrogen and oxygen atoms in total. The fourth-order valence-corrected chi connectivity index (χ4v) is 5.95. The summed E-state index contributed by atoms with van der Waals surface area (Å²) in [5, 5.41) is 2.53. The second-order valence-corrected chi connectivity index (χ2v) is 9.88. The van der Waals surface area contributed by atoms with Crippen LogP contribution in [-0.2, 0) is 4.74 Å². The Kier molecular flexibility index (Phi) is 6.50. The first-order valence-electron chi connectivity index (χ1n) is 11.9. The highest BCUT2D eigenvalue weighted by atomic mass is 32.1. The van der Waals surface area contributed by atoms with Crippen molar-refractivity contribution >= 4 is 49.8 Å². The topological polar surface area (TPSA) is 101 Å². The van der Waals surface area contributed by atoms with Crippen LogP contribution in [0.15, 0.2) is 54.6 Å². The van der Waals surface area contributed by atoms with Gasteiger partial charge in [0.1, 0.15) is 9.71 Å². The molecule has 0 atom stereocenters. The number of thiophene rings is 1. The van der Waals surface area contributed by atoms with Crippen molar-refractivity contribution in [3.05, 3.63) is 81.9 Å². The van der Waals surface area contributed by atoms with Crippen LogP contribution in [0.25, 0.3) is 32.1 Å². The normalized spacial score (nSPS) is 11.1. The summed E-state index contributed by atoms with van der Waals surface area (Å²) in [6.45, 7) is 3.63. The van der Waals surface area contributed by atoms with Crippen molar-refractivity contribution < 1.29 is 23.8 Å². The van der Waals surface area contributed by atoms with Crippen LogP contribution in [0.1, 0.15) is 36.9 Å². The summed E-state index contributed by atoms with van der Waals surface area (Å²) < 4.78 is 16.2. The third kappa shape index (κ3) is 4.03. The fourth-order valence-electron chi connectivity index (χ4n) is 4.84. The maximum absolute atomic E-state index is 13.7. The number of carbonyl (C=O) groups is 2. The van der Waals surface area contributed by atoms with Gasteiger partial charge in [-0.15, -0.1) is 11.3 Å². The third-order valence-electron chi connectivity index (χ3n) is 6.62. The Labute approximate surface area is 223 Å². The molecule has 2 N–H and O–H groups in total. The lowest BCUT2D eigenvalue weighted by atomic mass is 9.93. The number of esters is 1. The van der Waals surface area contributed by atoms with Crippen LogP contribution in [-0.4, -0.2) is 38.1 Å². The monoisotopic (exact) mass is 526 g/mol. The molecule has 0 aliphatic rings. The molecule has 0 fully saturated rings. The Bertz CT molecular complexity index is 1760. The van der Waals surface area contributed by atoms with Gasteiger partial charge in [-0.2, -0.15) is 0 Å². The van der Waals surface area contributed by atoms with Crippen LogP contribution in [0.2, 0.25) is 0 Å². The van der Waals surface area contributed by atoms with Crippen LogP contribution in [0, 0.1) is 13.8 Å². The molecule has 192 valence electrons. The zero-order chi connectivity index (χ0) is 27.1. The molecule has 8 heteroatoms. The second-order valence-electron chi connectivity index (χ2n) is 8.88. The highest BCUT2D eigenvalue weighted by Crippen LogP contribution is 2.45. The highest BCUT2D eigenvalue weighted by molar-refractivity contribution is 7.21. The molecule has 5 rings (SSSR count). The molecule has 0 spiro atoms. The summed E-state index contributed by atoms with van der Waals surface area (Å²) in [5.41, 5.74) is 10.2. The number of nitrogens with two attached hydrogens (primary N) is 1. The van der Waals surface area contributed by atoms with E-state index in [-0.39, 0.29) is 17.0 Å². The van der Waals surface area contributed by atoms with E-state index in [0.29, 0.717) is 49.0 Å². The van der Waals surface area contributed by atoms with Gasteiger partial charge in [0.25, 0.3) is 0 Å². The molecule has 2 heterocycles. The van der Waals surface area contributed by atoms with E-state index >= 15 is 0 Å². The summed E-state index contributed by atoms with van der Waals surface area (Å²) in [4.78, 5) is 32.3. The maximum Gasteiger partial charge on any atom is 0.340 e. The number of nitrogen functional groups attached to an aromatic ring is 1. The molecule has 0 saturated carbocycles. The first-order chi connectivity index (χ1) is 18.3. The molecule has 0 saturated heterocycles. The van der Waals surface area contributed by atoms with Gasteiger partial charge in [-0.3, -0.25) is 4.79 Å². The molecule has 5 aromatic rings. The smallest absolute Gasteiger partial charge is 0.340 e. The number of hydrogen-bond acceptors (Lipinski definition) is 8. The van der Waals surface area contributed by atoms with Crippen molar-refractivity contribution in [1.29, 1.82) is 0 Å². The van der Waals surface area contributed by atoms with Gasteiger partial charge in [0.05, 0.1) is 38.3 Å². The number of pyridine rings is 1. The van der Waals surface area contributed by atoms with E-state index in [1.807, 2.05) is 49.4 Å². The number of ketones is 1. The summed E-state index contributed by atoms with van der Waals surface area (Å²) >= 11 is 1.21. The lowest BCUT2D eigenvalue weighted by molar-refractivity contribution is 0.0600. The quantitative estimate of drug-likeness (QED) is 0.203. The second kappa shape index (κ2) is 9.79. The van der Waals surface area contributed by atoms with Crippen molar-refractivity contribution in [3.63, 3.8) is 0 Å². The minimum Gasteiger partial charge on any atom is -0.493 e. The van der Waals surface area contributed by atoms with Crippen LogP contribution < -0.4 is 15.2 Å². The van der Waals surface area contributed by atoms with Crippen LogP contribution in [0.5, 0.6) is 11.5 Å². The summed E-state index contributed by atoms with van der Waals surface area (Å²) in [6.07, 6.45) is 0. The molecule has 0 bridgehead atoms. The van der Waals surface area contributed by atoms with Crippen LogP contribution in [0.3, 0.4) is 0 Å². The number of nitrogens with zero attached hydrogens (tertiary/aromatic N) is 1. The molecular weight excluding hydrogens is 500 g/mol. The summed E-state index contributed by atoms with van der Waals surface area (Å²) in [5.74, 6) is 0.334. The minimum absolute atomic E-state index is 0.206. The van der Waals surface area contributed by atoms with E-state index in [2.05, 4.69) is 4.98 Å². The van der Waals surface area contributed by atoms with Crippen molar-refractivity contribution in [2.24, 2.45) is 0 Å². The van der Waals surface area contributed by atoms with Crippen molar-refractivity contribution in [3.8, 4) is 22.6 Å². The highest BCUT2D eigenvalue weighted by Gasteiger charge is 2.28. The molecule has 38 heavy (non-hydrogen) atoms. The number of hydrogen-bond donors (Lipinski definition) is 1. The maximum atomic E-state index is 13.7. The van der Waals surface area contributed by atoms with E-state index in [4.69, 9.17) is 19.9 Å². The zero-order valence-corrected chi connectivity index (χ0v) is 22.5. The first-order valence-corrected chi connectivity index (χ1v) is 12.7. The van der Waals surface area contributed by atoms with Gasteiger partial charge in [0, 0.05) is 16.5 Å². The van der Waals surface area contributed by atoms with Crippen LogP contribution >= 0.6 is 11.3 Å². The molecule has 0 aliphatic heterocycles. The Hall–Kier alpha value is -4.43. The minimum atomic E-state index is -0.549. The lowest BCUT2D eigenvalue weighted by Gasteiger charge is -2.17. The standard InChI is InChI=1S/C30H26N2O5S/c1-15-12-20(14-21(35-3)27(15)36-4)23-22(30(34)37-5)16(2)32-29-24(23)25(31)28(38-29)26(33)19-11-10-17-8-6-7-9-18(17)13-19/h6-14H,31H2,1-5H3. The SMILES string of the molecule is COC(=O)c1c(C)nc2sc(C(=O)c3ccc4ccccc4c3)c(N)c2c1-c1cc(C)c(OC)c(OC)c1. The van der Waals surface area contributed by atoms with E-state index in [1.165, 1.54) is 18.4 Å². The number of methoxy groups -OCH3 is 3. The van der Waals surface area contributed by atoms with Gasteiger partial charge in [-0.25, -0.2) is 9.78 Å². The van der Waals surface area contributed by atoms with Gasteiger partial charge in [0.15, 0.2) is 11.5 Å². The number of ether oxygens (including phenoxy) is 3. The van der Waals surface area contributed by atoms with Crippen molar-refractivity contribution in [2.75, 3.05) is 27.1 Å². The van der Waals surface area contributed by atoms with Crippen molar-refractivity contribution in [1.82, 2.24) is 4.98 Å². The molecule has 3 aromatic carbocycles. The van der Waals surface area contributed by atoms with Crippen molar-refractivity contribution in [2.45, 2.75) is 13.8 Å². The van der Waals surface area contributed by atoms with Gasteiger partial charge in [0.2, 0.25) is 5.78 Å². The Morgan fingerprint density at radius 3 is 2.34 bits per heavy atom. The molecule has 0 amide bonds. The number of anilines is 1. The Morgan fingerprint density at radius 1 is 0.921 bits per heavy atom.